The highest BCUT2D eigenvalue weighted by Crippen LogP contribution is 2.22. The van der Waals surface area contributed by atoms with Gasteiger partial charge < -0.3 is 0 Å². The van der Waals surface area contributed by atoms with Gasteiger partial charge in [0.25, 0.3) is 0 Å². The van der Waals surface area contributed by atoms with Crippen LogP contribution in [0.3, 0.4) is 0 Å². The second-order valence-corrected chi connectivity index (χ2v) is 3.16. The van der Waals surface area contributed by atoms with Crippen molar-refractivity contribution in [1.82, 2.24) is 20.2 Å². The molecule has 2 heterocycles. The van der Waals surface area contributed by atoms with E-state index in [1.807, 2.05) is 4.68 Å². The smallest absolute Gasteiger partial charge is 0.154 e. The van der Waals surface area contributed by atoms with E-state index in [1.165, 1.54) is 19.3 Å². The molecule has 0 aliphatic carbocycles. The molecule has 0 fully saturated rings. The number of aromatic nitrogens is 4. The molecule has 1 aromatic rings. The quantitative estimate of drug-likeness (QED) is 0.556. The SMILES string of the molecule is CC1CCCCn2nnnc21. The molecule has 1 aliphatic rings. The summed E-state index contributed by atoms with van der Waals surface area (Å²) < 4.78 is 1.93. The lowest BCUT2D eigenvalue weighted by Crippen LogP contribution is -2.04. The Hall–Kier alpha value is -0.930. The predicted molar refractivity (Wildman–Crippen MR) is 40.1 cm³/mol. The van der Waals surface area contributed by atoms with Crippen LogP contribution in [0.25, 0.3) is 0 Å². The number of tetrazole rings is 1. The molecule has 0 aromatic carbocycles. The van der Waals surface area contributed by atoms with Crippen LogP contribution in [0, 0.1) is 0 Å². The summed E-state index contributed by atoms with van der Waals surface area (Å²) in [6, 6.07) is 0. The van der Waals surface area contributed by atoms with E-state index in [0.717, 1.165) is 12.4 Å². The Balaban J connectivity index is 2.34. The molecule has 0 spiro atoms. The minimum atomic E-state index is 0.535. The topological polar surface area (TPSA) is 43.6 Å². The summed E-state index contributed by atoms with van der Waals surface area (Å²) in [5.41, 5.74) is 0. The van der Waals surface area contributed by atoms with Gasteiger partial charge in [-0.2, -0.15) is 0 Å². The second kappa shape index (κ2) is 2.60. The van der Waals surface area contributed by atoms with Crippen LogP contribution in [-0.4, -0.2) is 20.2 Å². The Morgan fingerprint density at radius 1 is 1.45 bits per heavy atom. The average molecular weight is 152 g/mol. The van der Waals surface area contributed by atoms with Crippen molar-refractivity contribution >= 4 is 0 Å². The van der Waals surface area contributed by atoms with Gasteiger partial charge in [-0.3, -0.25) is 0 Å². The van der Waals surface area contributed by atoms with Crippen LogP contribution in [0.5, 0.6) is 0 Å². The maximum absolute atomic E-state index is 4.00. The first kappa shape index (κ1) is 6.76. The lowest BCUT2D eigenvalue weighted by molar-refractivity contribution is 0.556. The maximum atomic E-state index is 4.00. The van der Waals surface area contributed by atoms with Crippen LogP contribution >= 0.6 is 0 Å². The Labute approximate surface area is 65.6 Å². The van der Waals surface area contributed by atoms with Crippen LogP contribution in [0.4, 0.5) is 0 Å². The Morgan fingerprint density at radius 3 is 3.27 bits per heavy atom. The van der Waals surface area contributed by atoms with Gasteiger partial charge in [0, 0.05) is 12.5 Å². The molecule has 11 heavy (non-hydrogen) atoms. The van der Waals surface area contributed by atoms with Crippen LogP contribution in [0.15, 0.2) is 0 Å². The fraction of sp³-hybridized carbons (Fsp3) is 0.857. The zero-order valence-corrected chi connectivity index (χ0v) is 6.69. The third-order valence-electron chi connectivity index (χ3n) is 2.26. The van der Waals surface area contributed by atoms with E-state index in [9.17, 15) is 0 Å². The number of fused-ring (bicyclic) bond motifs is 1. The van der Waals surface area contributed by atoms with E-state index in [4.69, 9.17) is 0 Å². The fourth-order valence-electron chi connectivity index (χ4n) is 1.56. The summed E-state index contributed by atoms with van der Waals surface area (Å²) in [5.74, 6) is 1.59. The molecule has 0 radical (unpaired) electrons. The van der Waals surface area contributed by atoms with Gasteiger partial charge in [0.15, 0.2) is 5.82 Å². The van der Waals surface area contributed by atoms with Gasteiger partial charge in [-0.1, -0.05) is 13.3 Å². The lowest BCUT2D eigenvalue weighted by Gasteiger charge is -2.03. The highest BCUT2D eigenvalue weighted by atomic mass is 15.5. The first-order valence-corrected chi connectivity index (χ1v) is 4.14. The predicted octanol–water partition coefficient (Wildman–Crippen LogP) is 0.961. The van der Waals surface area contributed by atoms with Crippen molar-refractivity contribution in [3.8, 4) is 0 Å². The molecule has 4 nitrogen and oxygen atoms in total. The van der Waals surface area contributed by atoms with Gasteiger partial charge in [0.1, 0.15) is 0 Å². The molecule has 1 atom stereocenters. The summed E-state index contributed by atoms with van der Waals surface area (Å²) >= 11 is 0. The lowest BCUT2D eigenvalue weighted by atomic mass is 10.1. The van der Waals surface area contributed by atoms with Crippen molar-refractivity contribution in [2.24, 2.45) is 0 Å². The number of aryl methyl sites for hydroxylation is 1. The molecule has 1 aliphatic heterocycles. The first-order chi connectivity index (χ1) is 5.38. The number of rotatable bonds is 0. The largest absolute Gasteiger partial charge is 0.229 e. The van der Waals surface area contributed by atoms with E-state index in [0.29, 0.717) is 5.92 Å². The van der Waals surface area contributed by atoms with Crippen LogP contribution in [-0.2, 0) is 6.54 Å². The zero-order valence-electron chi connectivity index (χ0n) is 6.69. The summed E-state index contributed by atoms with van der Waals surface area (Å²) in [6.45, 7) is 3.18. The molecule has 1 aromatic heterocycles. The Morgan fingerprint density at radius 2 is 2.36 bits per heavy atom. The van der Waals surface area contributed by atoms with Gasteiger partial charge in [0.05, 0.1) is 0 Å². The van der Waals surface area contributed by atoms with E-state index >= 15 is 0 Å². The van der Waals surface area contributed by atoms with E-state index in [2.05, 4.69) is 22.4 Å². The highest BCUT2D eigenvalue weighted by molar-refractivity contribution is 4.92. The Bertz CT molecular complexity index is 242. The monoisotopic (exact) mass is 152 g/mol. The normalized spacial score (nSPS) is 24.3. The van der Waals surface area contributed by atoms with E-state index in [1.54, 1.807) is 0 Å². The van der Waals surface area contributed by atoms with Crippen molar-refractivity contribution in [3.63, 3.8) is 0 Å². The zero-order chi connectivity index (χ0) is 7.68. The first-order valence-electron chi connectivity index (χ1n) is 4.14. The summed E-state index contributed by atoms with van der Waals surface area (Å²) in [5, 5.41) is 11.6. The molecule has 0 saturated carbocycles. The Kier molecular flexibility index (Phi) is 1.60. The van der Waals surface area contributed by atoms with Gasteiger partial charge in [-0.15, -0.1) is 5.10 Å². The van der Waals surface area contributed by atoms with Crippen molar-refractivity contribution in [2.75, 3.05) is 0 Å². The molecule has 0 N–H and O–H groups in total. The van der Waals surface area contributed by atoms with Gasteiger partial charge in [0.2, 0.25) is 0 Å². The van der Waals surface area contributed by atoms with Crippen molar-refractivity contribution in [2.45, 2.75) is 38.6 Å². The number of hydrogen-bond donors (Lipinski definition) is 0. The van der Waals surface area contributed by atoms with Crippen molar-refractivity contribution in [1.29, 1.82) is 0 Å². The second-order valence-electron chi connectivity index (χ2n) is 3.16. The van der Waals surface area contributed by atoms with Crippen LogP contribution in [0.1, 0.15) is 37.9 Å². The summed E-state index contributed by atoms with van der Waals surface area (Å²) in [6.07, 6.45) is 3.72. The van der Waals surface area contributed by atoms with Gasteiger partial charge in [-0.25, -0.2) is 4.68 Å². The fourth-order valence-corrected chi connectivity index (χ4v) is 1.56. The summed E-state index contributed by atoms with van der Waals surface area (Å²) in [4.78, 5) is 0. The number of hydrogen-bond acceptors (Lipinski definition) is 3. The molecule has 1 unspecified atom stereocenters. The van der Waals surface area contributed by atoms with Crippen LogP contribution < -0.4 is 0 Å². The number of nitrogens with zero attached hydrogens (tertiary/aromatic N) is 4. The molecule has 60 valence electrons. The molecule has 4 heteroatoms. The third kappa shape index (κ3) is 1.13. The maximum Gasteiger partial charge on any atom is 0.154 e. The molecular weight excluding hydrogens is 140 g/mol. The minimum absolute atomic E-state index is 0.535. The van der Waals surface area contributed by atoms with Gasteiger partial charge in [-0.05, 0) is 23.3 Å². The van der Waals surface area contributed by atoms with Crippen molar-refractivity contribution < 1.29 is 0 Å². The molecule has 2 rings (SSSR count). The molecule has 0 saturated heterocycles. The third-order valence-corrected chi connectivity index (χ3v) is 2.26. The standard InChI is InChI=1S/C7H12N4/c1-6-4-2-3-5-11-7(6)8-9-10-11/h6H,2-5H2,1H3. The summed E-state index contributed by atoms with van der Waals surface area (Å²) in [7, 11) is 0. The molecular formula is C7H12N4. The molecule has 0 bridgehead atoms. The van der Waals surface area contributed by atoms with Crippen molar-refractivity contribution in [3.05, 3.63) is 5.82 Å². The van der Waals surface area contributed by atoms with E-state index < -0.39 is 0 Å². The van der Waals surface area contributed by atoms with E-state index in [-0.39, 0.29) is 0 Å². The highest BCUT2D eigenvalue weighted by Gasteiger charge is 2.16. The van der Waals surface area contributed by atoms with Crippen LogP contribution in [0.2, 0.25) is 0 Å². The average Bonchev–Trinajstić information content (AvgIpc) is 2.40. The van der Waals surface area contributed by atoms with Gasteiger partial charge >= 0.3 is 0 Å². The minimum Gasteiger partial charge on any atom is -0.229 e. The molecule has 0 amide bonds.